The van der Waals surface area contributed by atoms with Gasteiger partial charge in [-0.2, -0.15) is 0 Å². The number of nitrogens with zero attached hydrogens (tertiary/aromatic N) is 2. The Bertz CT molecular complexity index is 975. The predicted octanol–water partition coefficient (Wildman–Crippen LogP) is 0.225. The SMILES string of the molecule is CC(C)CN(C(=O)C[NH+]1CCCCC1)c1c(N)n(Cc2ccccc2)c(=O)[nH]c1=O. The van der Waals surface area contributed by atoms with Crippen molar-refractivity contribution >= 4 is 17.4 Å². The zero-order valence-electron chi connectivity index (χ0n) is 17.8. The molecule has 1 aliphatic rings. The molecular formula is C22H32N5O3+. The van der Waals surface area contributed by atoms with Crippen molar-refractivity contribution in [2.75, 3.05) is 36.8 Å². The van der Waals surface area contributed by atoms with E-state index in [1.165, 1.54) is 20.8 Å². The molecule has 3 rings (SSSR count). The van der Waals surface area contributed by atoms with Gasteiger partial charge in [0.05, 0.1) is 19.6 Å². The van der Waals surface area contributed by atoms with E-state index in [1.807, 2.05) is 44.2 Å². The lowest BCUT2D eigenvalue weighted by atomic mass is 10.1. The van der Waals surface area contributed by atoms with Crippen LogP contribution in [0.4, 0.5) is 11.5 Å². The molecule has 8 nitrogen and oxygen atoms in total. The van der Waals surface area contributed by atoms with Gasteiger partial charge in [-0.3, -0.25) is 24.0 Å². The molecule has 0 atom stereocenters. The minimum Gasteiger partial charge on any atom is -0.383 e. The number of likely N-dealkylation sites (tertiary alicyclic amines) is 1. The highest BCUT2D eigenvalue weighted by Gasteiger charge is 2.28. The van der Waals surface area contributed by atoms with Gasteiger partial charge in [0.25, 0.3) is 11.5 Å². The average molecular weight is 415 g/mol. The van der Waals surface area contributed by atoms with Crippen molar-refractivity contribution in [3.63, 3.8) is 0 Å². The molecule has 1 amide bonds. The maximum absolute atomic E-state index is 13.2. The molecule has 2 heterocycles. The molecule has 0 unspecified atom stereocenters. The summed E-state index contributed by atoms with van der Waals surface area (Å²) in [7, 11) is 0. The number of nitrogens with one attached hydrogen (secondary N) is 2. The van der Waals surface area contributed by atoms with E-state index in [0.717, 1.165) is 31.5 Å². The summed E-state index contributed by atoms with van der Waals surface area (Å²) < 4.78 is 1.32. The number of hydrogen-bond donors (Lipinski definition) is 3. The summed E-state index contributed by atoms with van der Waals surface area (Å²) in [5.74, 6) is 0.0246. The molecule has 0 radical (unpaired) electrons. The summed E-state index contributed by atoms with van der Waals surface area (Å²) in [5, 5.41) is 0. The van der Waals surface area contributed by atoms with E-state index in [0.29, 0.717) is 13.1 Å². The molecule has 1 aromatic heterocycles. The number of anilines is 2. The number of carbonyl (C=O) groups is 1. The summed E-state index contributed by atoms with van der Waals surface area (Å²) in [4.78, 5) is 43.5. The van der Waals surface area contributed by atoms with Crippen LogP contribution in [0.5, 0.6) is 0 Å². The van der Waals surface area contributed by atoms with Crippen molar-refractivity contribution in [1.82, 2.24) is 9.55 Å². The molecule has 0 bridgehead atoms. The fourth-order valence-corrected chi connectivity index (χ4v) is 3.98. The van der Waals surface area contributed by atoms with Gasteiger partial charge in [0.2, 0.25) is 0 Å². The van der Waals surface area contributed by atoms with Crippen molar-refractivity contribution in [3.8, 4) is 0 Å². The maximum atomic E-state index is 13.2. The first-order valence-electron chi connectivity index (χ1n) is 10.7. The van der Waals surface area contributed by atoms with E-state index >= 15 is 0 Å². The normalized spacial score (nSPS) is 14.8. The molecule has 1 aliphatic heterocycles. The monoisotopic (exact) mass is 414 g/mol. The highest BCUT2D eigenvalue weighted by molar-refractivity contribution is 5.96. The number of quaternary nitrogens is 1. The van der Waals surface area contributed by atoms with E-state index < -0.39 is 11.2 Å². The third-order valence-electron chi connectivity index (χ3n) is 5.48. The molecule has 0 saturated carbocycles. The first-order valence-corrected chi connectivity index (χ1v) is 10.7. The molecule has 2 aromatic rings. The average Bonchev–Trinajstić information content (AvgIpc) is 2.71. The quantitative estimate of drug-likeness (QED) is 0.603. The number of H-pyrrole nitrogens is 1. The van der Waals surface area contributed by atoms with Gasteiger partial charge in [0, 0.05) is 6.54 Å². The van der Waals surface area contributed by atoms with Gasteiger partial charge in [-0.1, -0.05) is 44.2 Å². The Balaban J connectivity index is 1.97. The van der Waals surface area contributed by atoms with Crippen LogP contribution in [-0.4, -0.2) is 41.6 Å². The highest BCUT2D eigenvalue weighted by Crippen LogP contribution is 2.19. The number of rotatable bonds is 7. The van der Waals surface area contributed by atoms with Crippen molar-refractivity contribution in [2.45, 2.75) is 39.7 Å². The Labute approximate surface area is 176 Å². The van der Waals surface area contributed by atoms with Gasteiger partial charge in [0.15, 0.2) is 12.2 Å². The van der Waals surface area contributed by atoms with Crippen LogP contribution in [0.2, 0.25) is 0 Å². The molecule has 1 aromatic carbocycles. The molecule has 4 N–H and O–H groups in total. The van der Waals surface area contributed by atoms with Crippen LogP contribution in [0.3, 0.4) is 0 Å². The molecule has 1 fully saturated rings. The van der Waals surface area contributed by atoms with E-state index in [1.54, 1.807) is 0 Å². The second-order valence-electron chi connectivity index (χ2n) is 8.45. The fraction of sp³-hybridized carbons (Fsp3) is 0.500. The van der Waals surface area contributed by atoms with Crippen LogP contribution in [0, 0.1) is 5.92 Å². The lowest BCUT2D eigenvalue weighted by Crippen LogP contribution is -3.14. The van der Waals surface area contributed by atoms with Crippen LogP contribution >= 0.6 is 0 Å². The minimum absolute atomic E-state index is 0.0234. The number of benzene rings is 1. The second-order valence-corrected chi connectivity index (χ2v) is 8.45. The van der Waals surface area contributed by atoms with Crippen LogP contribution in [0.1, 0.15) is 38.7 Å². The molecule has 162 valence electrons. The molecule has 8 heteroatoms. The van der Waals surface area contributed by atoms with Crippen molar-refractivity contribution < 1.29 is 9.69 Å². The van der Waals surface area contributed by atoms with Gasteiger partial charge < -0.3 is 10.6 Å². The topological polar surface area (TPSA) is 106 Å². The van der Waals surface area contributed by atoms with Gasteiger partial charge in [0.1, 0.15) is 5.82 Å². The summed E-state index contributed by atoms with van der Waals surface area (Å²) in [6, 6.07) is 9.40. The summed E-state index contributed by atoms with van der Waals surface area (Å²) in [6.45, 7) is 6.79. The van der Waals surface area contributed by atoms with Gasteiger partial charge >= 0.3 is 5.69 Å². The highest BCUT2D eigenvalue weighted by atomic mass is 16.2. The van der Waals surface area contributed by atoms with Crippen LogP contribution < -0.4 is 26.8 Å². The van der Waals surface area contributed by atoms with Gasteiger partial charge in [-0.15, -0.1) is 0 Å². The van der Waals surface area contributed by atoms with Gasteiger partial charge in [-0.25, -0.2) is 4.79 Å². The number of piperidine rings is 1. The largest absolute Gasteiger partial charge is 0.383 e. The number of aromatic nitrogens is 2. The predicted molar refractivity (Wildman–Crippen MR) is 118 cm³/mol. The smallest absolute Gasteiger partial charge is 0.330 e. The molecule has 0 spiro atoms. The Morgan fingerprint density at radius 3 is 2.47 bits per heavy atom. The van der Waals surface area contributed by atoms with E-state index in [9.17, 15) is 14.4 Å². The Morgan fingerprint density at radius 1 is 1.17 bits per heavy atom. The Hall–Kier alpha value is -2.87. The standard InChI is InChI=1S/C22H31N5O3/c1-16(2)13-26(18(28)15-25-11-7-4-8-12-25)19-20(23)27(22(30)24-21(19)29)14-17-9-5-3-6-10-17/h3,5-6,9-10,16H,4,7-8,11-15,23H2,1-2H3,(H,24,29,30)/p+1. The Kier molecular flexibility index (Phi) is 7.10. The summed E-state index contributed by atoms with van der Waals surface area (Å²) >= 11 is 0. The van der Waals surface area contributed by atoms with Crippen molar-refractivity contribution in [1.29, 1.82) is 0 Å². The second kappa shape index (κ2) is 9.75. The van der Waals surface area contributed by atoms with Gasteiger partial charge in [-0.05, 0) is 30.7 Å². The number of nitrogen functional groups attached to an aromatic ring is 1. The van der Waals surface area contributed by atoms with Crippen molar-refractivity contribution in [3.05, 3.63) is 56.7 Å². The zero-order valence-corrected chi connectivity index (χ0v) is 17.8. The summed E-state index contributed by atoms with van der Waals surface area (Å²) in [6.07, 6.45) is 3.42. The van der Waals surface area contributed by atoms with E-state index in [2.05, 4.69) is 4.98 Å². The van der Waals surface area contributed by atoms with Crippen LogP contribution in [0.15, 0.2) is 39.9 Å². The molecule has 30 heavy (non-hydrogen) atoms. The van der Waals surface area contributed by atoms with Crippen LogP contribution in [-0.2, 0) is 11.3 Å². The Morgan fingerprint density at radius 2 is 1.83 bits per heavy atom. The molecular weight excluding hydrogens is 382 g/mol. The minimum atomic E-state index is -0.621. The first-order chi connectivity index (χ1) is 14.4. The first kappa shape index (κ1) is 21.8. The van der Waals surface area contributed by atoms with Crippen molar-refractivity contribution in [2.24, 2.45) is 5.92 Å². The molecule has 1 saturated heterocycles. The fourth-order valence-electron chi connectivity index (χ4n) is 3.98. The maximum Gasteiger partial charge on any atom is 0.330 e. The third-order valence-corrected chi connectivity index (χ3v) is 5.48. The van der Waals surface area contributed by atoms with Crippen LogP contribution in [0.25, 0.3) is 0 Å². The third kappa shape index (κ3) is 5.18. The molecule has 0 aliphatic carbocycles. The number of amides is 1. The number of nitrogens with two attached hydrogens (primary N) is 1. The summed E-state index contributed by atoms with van der Waals surface area (Å²) in [5.41, 5.74) is 6.07. The lowest BCUT2D eigenvalue weighted by molar-refractivity contribution is -0.896. The number of carbonyl (C=O) groups excluding carboxylic acids is 1. The zero-order chi connectivity index (χ0) is 21.7. The number of hydrogen-bond acceptors (Lipinski definition) is 4. The number of aromatic amines is 1. The van der Waals surface area contributed by atoms with E-state index in [-0.39, 0.29) is 29.9 Å². The van der Waals surface area contributed by atoms with E-state index in [4.69, 9.17) is 5.73 Å². The lowest BCUT2D eigenvalue weighted by Gasteiger charge is -2.29.